The molecule has 2 amide bonds. The minimum Gasteiger partial charge on any atom is -0.505 e. The number of halogens is 4. The lowest BCUT2D eigenvalue weighted by Gasteiger charge is -2.37. The van der Waals surface area contributed by atoms with Gasteiger partial charge in [0.2, 0.25) is 11.3 Å². The number of amides is 2. The van der Waals surface area contributed by atoms with Crippen molar-refractivity contribution in [3.05, 3.63) is 79.6 Å². The molecule has 4 heterocycles. The van der Waals surface area contributed by atoms with Crippen LogP contribution in [0.15, 0.2) is 35.4 Å². The number of benzene rings is 1. The zero-order valence-corrected chi connectivity index (χ0v) is 26.2. The molecule has 3 aromatic heterocycles. The summed E-state index contributed by atoms with van der Waals surface area (Å²) in [6.45, 7) is 5.35. The lowest BCUT2D eigenvalue weighted by Crippen LogP contribution is -2.50. The number of nitrogens with one attached hydrogen (secondary N) is 1. The maximum Gasteiger partial charge on any atom is 0.416 e. The fourth-order valence-electron chi connectivity index (χ4n) is 5.48. The van der Waals surface area contributed by atoms with Gasteiger partial charge in [-0.2, -0.15) is 18.4 Å². The Hall–Kier alpha value is -5.23. The van der Waals surface area contributed by atoms with Gasteiger partial charge in [0.05, 0.1) is 33.2 Å². The first-order valence-corrected chi connectivity index (χ1v) is 14.8. The minimum absolute atomic E-state index is 0.0116. The van der Waals surface area contributed by atoms with Crippen LogP contribution in [0.2, 0.25) is 5.02 Å². The predicted molar refractivity (Wildman–Crippen MR) is 166 cm³/mol. The molecule has 1 aliphatic rings. The van der Waals surface area contributed by atoms with Gasteiger partial charge in [0.1, 0.15) is 23.9 Å². The summed E-state index contributed by atoms with van der Waals surface area (Å²) in [6, 6.07) is 4.48. The van der Waals surface area contributed by atoms with Crippen LogP contribution in [0.1, 0.15) is 45.5 Å². The molecule has 4 aromatic rings. The van der Waals surface area contributed by atoms with Crippen molar-refractivity contribution in [1.82, 2.24) is 24.4 Å². The van der Waals surface area contributed by atoms with Crippen LogP contribution >= 0.6 is 11.6 Å². The number of nitriles is 1. The molecule has 1 aromatic carbocycles. The second-order valence-corrected chi connectivity index (χ2v) is 11.3. The highest BCUT2D eigenvalue weighted by atomic mass is 35.5. The minimum atomic E-state index is -4.61. The molecule has 0 spiro atoms. The summed E-state index contributed by atoms with van der Waals surface area (Å²) in [5.74, 6) is -1.54. The Morgan fingerprint density at radius 3 is 2.45 bits per heavy atom. The van der Waals surface area contributed by atoms with Crippen molar-refractivity contribution in [2.75, 3.05) is 36.4 Å². The number of pyridine rings is 2. The van der Waals surface area contributed by atoms with Crippen molar-refractivity contribution in [2.24, 2.45) is 0 Å². The molecule has 12 nitrogen and oxygen atoms in total. The van der Waals surface area contributed by atoms with E-state index < -0.39 is 29.0 Å². The lowest BCUT2D eigenvalue weighted by molar-refractivity contribution is -0.137. The molecule has 2 N–H and O–H groups in total. The van der Waals surface area contributed by atoms with Gasteiger partial charge in [-0.25, -0.2) is 9.97 Å². The number of aryl methyl sites for hydroxylation is 2. The maximum atomic E-state index is 13.9. The summed E-state index contributed by atoms with van der Waals surface area (Å²) in [7, 11) is 0. The number of anilines is 2. The first kappa shape index (κ1) is 33.1. The first-order valence-electron chi connectivity index (χ1n) is 14.4. The molecule has 244 valence electrons. The predicted octanol–water partition coefficient (Wildman–Crippen LogP) is 4.22. The smallest absolute Gasteiger partial charge is 0.416 e. The van der Waals surface area contributed by atoms with Crippen molar-refractivity contribution < 1.29 is 27.9 Å². The molecule has 0 bridgehead atoms. The Morgan fingerprint density at radius 2 is 1.83 bits per heavy atom. The number of hydrogen-bond acceptors (Lipinski definition) is 9. The summed E-state index contributed by atoms with van der Waals surface area (Å²) in [4.78, 5) is 56.6. The Kier molecular flexibility index (Phi) is 9.08. The number of rotatable bonds is 6. The van der Waals surface area contributed by atoms with E-state index in [0.29, 0.717) is 17.8 Å². The number of aromatic hydroxyl groups is 1. The molecule has 0 saturated carbocycles. The SMILES string of the molecule is CCc1c(N2CCN(C(=O)c3c(C#N)cnc(C)c3O)CC2)c(=O)c2ncc(C)nc2n1CC(=O)Nc1ccc(C(F)(F)F)cc1Cl. The number of carbonyl (C=O) groups is 2. The van der Waals surface area contributed by atoms with Gasteiger partial charge in [0.15, 0.2) is 16.9 Å². The van der Waals surface area contributed by atoms with Crippen molar-refractivity contribution in [3.63, 3.8) is 0 Å². The van der Waals surface area contributed by atoms with Crippen LogP contribution in [0.25, 0.3) is 11.2 Å². The number of carbonyl (C=O) groups excluding carboxylic acids is 2. The van der Waals surface area contributed by atoms with Gasteiger partial charge in [0, 0.05) is 44.3 Å². The van der Waals surface area contributed by atoms with Gasteiger partial charge in [-0.05, 0) is 38.5 Å². The Bertz CT molecular complexity index is 2020. The van der Waals surface area contributed by atoms with E-state index in [-0.39, 0.29) is 82.9 Å². The van der Waals surface area contributed by atoms with Gasteiger partial charge in [0.25, 0.3) is 5.91 Å². The van der Waals surface area contributed by atoms with Crippen LogP contribution in [0, 0.1) is 25.2 Å². The van der Waals surface area contributed by atoms with Gasteiger partial charge in [-0.15, -0.1) is 0 Å². The third kappa shape index (κ3) is 6.41. The molecule has 47 heavy (non-hydrogen) atoms. The molecule has 0 radical (unpaired) electrons. The number of alkyl halides is 3. The van der Waals surface area contributed by atoms with Crippen molar-refractivity contribution >= 4 is 46.0 Å². The highest BCUT2D eigenvalue weighted by Crippen LogP contribution is 2.34. The molecular formula is C31H28ClF3N8O4. The van der Waals surface area contributed by atoms with Crippen LogP contribution in [0.3, 0.4) is 0 Å². The zero-order chi connectivity index (χ0) is 34.2. The van der Waals surface area contributed by atoms with E-state index in [4.69, 9.17) is 11.6 Å². The van der Waals surface area contributed by atoms with E-state index in [2.05, 4.69) is 20.3 Å². The summed E-state index contributed by atoms with van der Waals surface area (Å²) >= 11 is 6.06. The van der Waals surface area contributed by atoms with E-state index in [1.54, 1.807) is 23.3 Å². The van der Waals surface area contributed by atoms with Gasteiger partial charge in [-0.1, -0.05) is 18.5 Å². The third-order valence-corrected chi connectivity index (χ3v) is 8.13. The Labute approximate surface area is 271 Å². The highest BCUT2D eigenvalue weighted by molar-refractivity contribution is 6.33. The molecule has 1 saturated heterocycles. The topological polar surface area (TPSA) is 157 Å². The fraction of sp³-hybridized carbons (Fsp3) is 0.323. The number of piperazine rings is 1. The second-order valence-electron chi connectivity index (χ2n) is 10.9. The van der Waals surface area contributed by atoms with Gasteiger partial charge in [-0.3, -0.25) is 19.4 Å². The molecule has 0 atom stereocenters. The van der Waals surface area contributed by atoms with Crippen LogP contribution < -0.4 is 15.6 Å². The number of aromatic nitrogens is 4. The van der Waals surface area contributed by atoms with Crippen molar-refractivity contribution in [3.8, 4) is 11.8 Å². The Morgan fingerprint density at radius 1 is 1.13 bits per heavy atom. The van der Waals surface area contributed by atoms with Crippen molar-refractivity contribution in [2.45, 2.75) is 39.9 Å². The zero-order valence-electron chi connectivity index (χ0n) is 25.4. The lowest BCUT2D eigenvalue weighted by atomic mass is 10.1. The van der Waals surface area contributed by atoms with E-state index >= 15 is 0 Å². The van der Waals surface area contributed by atoms with Gasteiger partial charge >= 0.3 is 6.18 Å². The molecule has 5 rings (SSSR count). The quantitative estimate of drug-likeness (QED) is 0.307. The summed E-state index contributed by atoms with van der Waals surface area (Å²) in [6.07, 6.45) is -1.66. The van der Waals surface area contributed by atoms with E-state index in [0.717, 1.165) is 18.2 Å². The van der Waals surface area contributed by atoms with Crippen molar-refractivity contribution in [1.29, 1.82) is 5.26 Å². The maximum absolute atomic E-state index is 13.9. The van der Waals surface area contributed by atoms with E-state index in [9.17, 15) is 37.9 Å². The third-order valence-electron chi connectivity index (χ3n) is 7.82. The highest BCUT2D eigenvalue weighted by Gasteiger charge is 2.32. The molecule has 1 fully saturated rings. The summed E-state index contributed by atoms with van der Waals surface area (Å²) in [5, 5.41) is 22.2. The first-order chi connectivity index (χ1) is 22.2. The van der Waals surface area contributed by atoms with Crippen LogP contribution in [0.5, 0.6) is 5.75 Å². The molecule has 16 heteroatoms. The molecule has 0 unspecified atom stereocenters. The molecule has 0 aliphatic carbocycles. The summed E-state index contributed by atoms with van der Waals surface area (Å²) in [5.41, 5.74) is -0.000366. The number of hydrogen-bond donors (Lipinski definition) is 2. The molecule has 1 aliphatic heterocycles. The van der Waals surface area contributed by atoms with Gasteiger partial charge < -0.3 is 24.8 Å². The monoisotopic (exact) mass is 668 g/mol. The van der Waals surface area contributed by atoms with E-state index in [1.165, 1.54) is 24.2 Å². The standard InChI is InChI=1S/C31H28ClF3N8O4/c1-4-22-26(41-7-9-42(10-8-41)30(47)24-18(12-36)14-37-17(3)27(24)45)28(46)25-29(39-16(2)13-38-25)43(22)15-23(44)40-21-6-5-19(11-20(21)32)31(33,34)35/h5-6,11,13-14,45H,4,7-10,15H2,1-3H3,(H,40,44). The Balaban J connectivity index is 1.47. The average molecular weight is 669 g/mol. The second kappa shape index (κ2) is 12.9. The van der Waals surface area contributed by atoms with E-state index in [1.807, 2.05) is 6.07 Å². The summed E-state index contributed by atoms with van der Waals surface area (Å²) < 4.78 is 40.9. The van der Waals surface area contributed by atoms with Crippen LogP contribution in [-0.2, 0) is 23.9 Å². The molecular weight excluding hydrogens is 641 g/mol. The fourth-order valence-corrected chi connectivity index (χ4v) is 5.71. The number of nitrogens with zero attached hydrogens (tertiary/aromatic N) is 7. The average Bonchev–Trinajstić information content (AvgIpc) is 3.03. The van der Waals surface area contributed by atoms with Crippen LogP contribution in [-0.4, -0.2) is 67.5 Å². The number of fused-ring (bicyclic) bond motifs is 1. The largest absolute Gasteiger partial charge is 0.505 e. The van der Waals surface area contributed by atoms with Crippen LogP contribution in [0.4, 0.5) is 24.5 Å². The normalized spacial score (nSPS) is 13.5.